The molecule has 11 heavy (non-hydrogen) atoms. The van der Waals surface area contributed by atoms with Crippen LogP contribution in [0.15, 0.2) is 0 Å². The minimum absolute atomic E-state index is 0.0233. The van der Waals surface area contributed by atoms with Gasteiger partial charge in [-0.1, -0.05) is 0 Å². The summed E-state index contributed by atoms with van der Waals surface area (Å²) in [5, 5.41) is 5.86. The van der Waals surface area contributed by atoms with Crippen LogP contribution >= 0.6 is 59.5 Å². The van der Waals surface area contributed by atoms with E-state index in [4.69, 9.17) is 5.41 Å². The maximum atomic E-state index is 5.86. The van der Waals surface area contributed by atoms with E-state index in [9.17, 15) is 0 Å². The zero-order valence-corrected chi connectivity index (χ0v) is 21.0. The van der Waals surface area contributed by atoms with Crippen LogP contribution < -0.4 is 11.5 Å². The van der Waals surface area contributed by atoms with Crippen molar-refractivity contribution >= 4 is 101 Å². The molecule has 3 nitrogen and oxygen atoms in total. The van der Waals surface area contributed by atoms with Gasteiger partial charge in [0.15, 0.2) is 0 Å². The van der Waals surface area contributed by atoms with Crippen LogP contribution in [0.2, 0.25) is 0 Å². The molecule has 0 rings (SSSR count). The molecule has 5 N–H and O–H groups in total. The first kappa shape index (κ1) is 24.1. The van der Waals surface area contributed by atoms with Gasteiger partial charge in [0.25, 0.3) is 0 Å². The van der Waals surface area contributed by atoms with Crippen molar-refractivity contribution in [3.05, 3.63) is 0 Å². The molecule has 68 valence electrons. The van der Waals surface area contributed by atoms with Gasteiger partial charge in [0.1, 0.15) is 0 Å². The first-order valence-electron chi connectivity index (χ1n) is 1.96. The van der Waals surface area contributed by atoms with Gasteiger partial charge in [0.05, 0.1) is 6.34 Å². The third-order valence-electron chi connectivity index (χ3n) is 0. The summed E-state index contributed by atoms with van der Waals surface area (Å²) >= 11 is 11.2. The molecule has 0 heterocycles. The summed E-state index contributed by atoms with van der Waals surface area (Å²) < 4.78 is 0. The second kappa shape index (κ2) is 49.2. The van der Waals surface area contributed by atoms with Crippen molar-refractivity contribution in [2.24, 2.45) is 11.5 Å². The molecular formula is C2H9Br2I2N3Pb2. The van der Waals surface area contributed by atoms with Crippen LogP contribution in [-0.2, 0) is 0 Å². The summed E-state index contributed by atoms with van der Waals surface area (Å²) in [5.74, 6) is 0. The van der Waals surface area contributed by atoms with E-state index in [-0.39, 0.29) is 35.1 Å². The average molecular weight is 903 g/mol. The zero-order chi connectivity index (χ0) is 10.1. The molecule has 0 aromatic rings. The monoisotopic (exact) mass is 903 g/mol. The molecule has 0 saturated heterocycles. The summed E-state index contributed by atoms with van der Waals surface area (Å²) in [4.78, 5) is 0. The summed E-state index contributed by atoms with van der Waals surface area (Å²) in [6.45, 7) is 0. The molecule has 0 bridgehead atoms. The molecule has 4 radical (unpaired) electrons. The fourth-order valence-electron chi connectivity index (χ4n) is 0. The van der Waals surface area contributed by atoms with Crippen LogP contribution in [0.1, 0.15) is 0 Å². The Bertz CT molecular complexity index is 44.5. The number of hydrogen-bond donors (Lipinski definition) is 3. The summed E-state index contributed by atoms with van der Waals surface area (Å²) in [6.07, 6.45) is 0.750. The summed E-state index contributed by atoms with van der Waals surface area (Å²) in [5.41, 5.74) is 8.89. The first-order chi connectivity index (χ1) is 5.24. The van der Waals surface area contributed by atoms with Crippen LogP contribution in [-0.4, -0.2) is 48.5 Å². The van der Waals surface area contributed by atoms with Crippen molar-refractivity contribution in [2.45, 2.75) is 0 Å². The Morgan fingerprint density at radius 2 is 1.36 bits per heavy atom. The molecule has 0 aliphatic rings. The number of nitrogens with two attached hydrogens (primary N) is 2. The van der Waals surface area contributed by atoms with Crippen LogP contribution in [0.25, 0.3) is 0 Å². The Hall–Kier alpha value is 3.69. The average Bonchev–Trinajstić information content (AvgIpc) is 1.96. The SMILES string of the molecule is CN.N=CN.[Br][Pb][Br].[I][Pb][I]. The molecule has 0 atom stereocenters. The van der Waals surface area contributed by atoms with Crippen molar-refractivity contribution in [1.29, 1.82) is 5.41 Å². The van der Waals surface area contributed by atoms with E-state index in [0.29, 0.717) is 0 Å². The normalized spacial score (nSPS) is 4.91. The van der Waals surface area contributed by atoms with Gasteiger partial charge in [-0.25, -0.2) is 0 Å². The summed E-state index contributed by atoms with van der Waals surface area (Å²) in [7, 11) is 1.50. The fraction of sp³-hybridized carbons (Fsp3) is 0.500. The molecule has 9 heteroatoms. The molecule has 0 aliphatic heterocycles. The second-order valence-corrected chi connectivity index (χ2v) is 45.3. The third kappa shape index (κ3) is 137. The standard InChI is InChI=1S/CH4N2.CH5N.2BrH.2HI.2Pb/c2-1-3;1-2;;;;;;/h1H,(H3,2,3);2H2,1H3;4*1H;;/q;;;;;;2*+2/p-4. The second-order valence-electron chi connectivity index (χ2n) is 0.310. The maximum absolute atomic E-state index is 5.86. The van der Waals surface area contributed by atoms with Gasteiger partial charge < -0.3 is 11.5 Å². The van der Waals surface area contributed by atoms with E-state index in [1.54, 1.807) is 0 Å². The van der Waals surface area contributed by atoms with Gasteiger partial charge in [-0.05, 0) is 7.05 Å². The molecule has 0 amide bonds. The van der Waals surface area contributed by atoms with Crippen molar-refractivity contribution in [1.82, 2.24) is 0 Å². The first-order valence-corrected chi connectivity index (χ1v) is 40.7. The van der Waals surface area contributed by atoms with Gasteiger partial charge in [0.2, 0.25) is 0 Å². The predicted molar refractivity (Wildman–Crippen MR) is 80.5 cm³/mol. The quantitative estimate of drug-likeness (QED) is 0.151. The Balaban J connectivity index is -0.0000000301. The Morgan fingerprint density at radius 1 is 1.36 bits per heavy atom. The van der Waals surface area contributed by atoms with Crippen LogP contribution in [0.3, 0.4) is 0 Å². The third-order valence-corrected chi connectivity index (χ3v) is 0. The van der Waals surface area contributed by atoms with Crippen LogP contribution in [0.4, 0.5) is 0 Å². The molecule has 0 spiro atoms. The molecule has 0 fully saturated rings. The van der Waals surface area contributed by atoms with Gasteiger partial charge >= 0.3 is 94.6 Å². The van der Waals surface area contributed by atoms with Gasteiger partial charge in [-0.2, -0.15) is 0 Å². The van der Waals surface area contributed by atoms with Gasteiger partial charge in [-0.3, -0.25) is 5.41 Å². The summed E-state index contributed by atoms with van der Waals surface area (Å²) in [6, 6.07) is 0. The Morgan fingerprint density at radius 3 is 1.36 bits per heavy atom. The molecular weight excluding hydrogens is 894 g/mol. The van der Waals surface area contributed by atoms with E-state index in [1.807, 2.05) is 0 Å². The number of nitrogens with one attached hydrogen (secondary N) is 1. The number of rotatable bonds is 0. The molecule has 0 unspecified atom stereocenters. The van der Waals surface area contributed by atoms with E-state index < -0.39 is 0 Å². The van der Waals surface area contributed by atoms with Gasteiger partial charge in [0, 0.05) is 0 Å². The van der Waals surface area contributed by atoms with Crippen molar-refractivity contribution in [3.63, 3.8) is 0 Å². The van der Waals surface area contributed by atoms with E-state index in [1.165, 1.54) is 7.05 Å². The van der Waals surface area contributed by atoms with Crippen molar-refractivity contribution < 1.29 is 0 Å². The molecule has 0 aliphatic carbocycles. The van der Waals surface area contributed by atoms with Crippen molar-refractivity contribution in [2.75, 3.05) is 7.05 Å². The Labute approximate surface area is 121 Å². The Kier molecular flexibility index (Phi) is 108. The zero-order valence-electron chi connectivity index (χ0n) is 5.74. The van der Waals surface area contributed by atoms with Gasteiger partial charge in [-0.15, -0.1) is 0 Å². The van der Waals surface area contributed by atoms with E-state index in [0.717, 1.165) is 6.34 Å². The van der Waals surface area contributed by atoms with E-state index >= 15 is 0 Å². The van der Waals surface area contributed by atoms with E-state index in [2.05, 4.69) is 71.0 Å². The van der Waals surface area contributed by atoms with Crippen LogP contribution in [0, 0.1) is 5.41 Å². The fourth-order valence-corrected chi connectivity index (χ4v) is 0. The topological polar surface area (TPSA) is 75.9 Å². The van der Waals surface area contributed by atoms with Crippen molar-refractivity contribution in [3.8, 4) is 0 Å². The molecule has 0 aromatic heterocycles. The van der Waals surface area contributed by atoms with Crippen LogP contribution in [0.5, 0.6) is 0 Å². The predicted octanol–water partition coefficient (Wildman–Crippen LogP) is 1.83. The number of halogens is 4. The molecule has 0 aromatic carbocycles. The molecule has 0 saturated carbocycles. The minimum atomic E-state index is -0.292. The number of hydrogen-bond acceptors (Lipinski definition) is 2.